The Morgan fingerprint density at radius 3 is 2.45 bits per heavy atom. The van der Waals surface area contributed by atoms with Crippen molar-refractivity contribution in [3.63, 3.8) is 0 Å². The number of carbonyl (C=O) groups is 1. The van der Waals surface area contributed by atoms with Gasteiger partial charge in [0.1, 0.15) is 5.82 Å². The van der Waals surface area contributed by atoms with Crippen LogP contribution in [0.1, 0.15) is 30.7 Å². The lowest BCUT2D eigenvalue weighted by molar-refractivity contribution is -0.121. The van der Waals surface area contributed by atoms with Crippen LogP contribution in [0, 0.1) is 5.82 Å². The number of carbonyl (C=O) groups excluding carboxylic acids is 1. The number of hydrogen-bond donors (Lipinski definition) is 1. The van der Waals surface area contributed by atoms with Crippen LogP contribution in [-0.2, 0) is 16.6 Å². The van der Waals surface area contributed by atoms with Crippen molar-refractivity contribution in [3.05, 3.63) is 99.7 Å². The average Bonchev–Trinajstić information content (AvgIpc) is 2.98. The van der Waals surface area contributed by atoms with Gasteiger partial charge in [0.05, 0.1) is 27.9 Å². The predicted octanol–water partition coefficient (Wildman–Crippen LogP) is 4.61. The number of halogens is 1. The molecule has 1 amide bonds. The Bertz CT molecular complexity index is 1410. The molecule has 5 nitrogen and oxygen atoms in total. The van der Waals surface area contributed by atoms with Crippen LogP contribution in [0.3, 0.4) is 0 Å². The van der Waals surface area contributed by atoms with E-state index in [9.17, 15) is 14.0 Å². The van der Waals surface area contributed by atoms with E-state index in [1.807, 2.05) is 50.2 Å². The molecule has 4 aromatic rings. The van der Waals surface area contributed by atoms with Crippen molar-refractivity contribution >= 4 is 28.1 Å². The molecule has 1 N–H and O–H groups in total. The minimum absolute atomic E-state index is 0.169. The number of rotatable bonds is 3. The summed E-state index contributed by atoms with van der Waals surface area (Å²) in [5.41, 5.74) is 2.27. The van der Waals surface area contributed by atoms with Crippen LogP contribution in [0.2, 0.25) is 0 Å². The van der Waals surface area contributed by atoms with Crippen LogP contribution >= 0.6 is 0 Å². The zero-order valence-electron chi connectivity index (χ0n) is 17.1. The van der Waals surface area contributed by atoms with Crippen LogP contribution in [0.15, 0.2) is 71.5 Å². The molecule has 0 radical (unpaired) electrons. The zero-order valence-corrected chi connectivity index (χ0v) is 17.1. The summed E-state index contributed by atoms with van der Waals surface area (Å²) in [4.78, 5) is 26.7. The van der Waals surface area contributed by atoms with E-state index < -0.39 is 11.2 Å². The molecule has 0 aliphatic carbocycles. The fraction of sp³-hybridized carbons (Fsp3) is 0.160. The molecule has 0 spiro atoms. The molecular formula is C25H20FN3O2. The topological polar surface area (TPSA) is 66.1 Å². The molecule has 31 heavy (non-hydrogen) atoms. The molecule has 1 aliphatic rings. The molecular weight excluding hydrogens is 393 g/mol. The van der Waals surface area contributed by atoms with E-state index in [4.69, 9.17) is 0 Å². The Kier molecular flexibility index (Phi) is 4.25. The normalized spacial score (nSPS) is 14.8. The third kappa shape index (κ3) is 2.94. The van der Waals surface area contributed by atoms with E-state index in [-0.39, 0.29) is 17.2 Å². The first-order valence-corrected chi connectivity index (χ1v) is 10.1. The van der Waals surface area contributed by atoms with Gasteiger partial charge in [-0.3, -0.25) is 14.5 Å². The quantitative estimate of drug-likeness (QED) is 0.533. The van der Waals surface area contributed by atoms with Crippen molar-refractivity contribution in [1.82, 2.24) is 10.2 Å². The van der Waals surface area contributed by atoms with Crippen LogP contribution in [0.4, 0.5) is 15.8 Å². The van der Waals surface area contributed by atoms with E-state index in [0.717, 1.165) is 16.5 Å². The second kappa shape index (κ2) is 6.87. The van der Waals surface area contributed by atoms with Crippen molar-refractivity contribution in [3.8, 4) is 0 Å². The molecule has 6 heteroatoms. The van der Waals surface area contributed by atoms with Gasteiger partial charge in [0.2, 0.25) is 5.91 Å². The number of anilines is 2. The van der Waals surface area contributed by atoms with Gasteiger partial charge in [-0.05, 0) is 49.2 Å². The minimum Gasteiger partial charge on any atom is -0.277 e. The van der Waals surface area contributed by atoms with Gasteiger partial charge in [-0.1, -0.05) is 42.5 Å². The first-order valence-electron chi connectivity index (χ1n) is 10.1. The van der Waals surface area contributed by atoms with E-state index >= 15 is 0 Å². The number of nitrogens with zero attached hydrogens (tertiary/aromatic N) is 2. The van der Waals surface area contributed by atoms with Crippen molar-refractivity contribution in [1.29, 1.82) is 0 Å². The van der Waals surface area contributed by atoms with Gasteiger partial charge in [0.15, 0.2) is 0 Å². The van der Waals surface area contributed by atoms with Gasteiger partial charge >= 0.3 is 0 Å². The zero-order chi connectivity index (χ0) is 21.8. The number of nitrogens with one attached hydrogen (secondary N) is 1. The Morgan fingerprint density at radius 1 is 0.935 bits per heavy atom. The highest BCUT2D eigenvalue weighted by atomic mass is 19.1. The van der Waals surface area contributed by atoms with Gasteiger partial charge in [0.25, 0.3) is 5.56 Å². The smallest absolute Gasteiger partial charge is 0.272 e. The molecule has 0 unspecified atom stereocenters. The number of fused-ring (bicyclic) bond motifs is 2. The maximum atomic E-state index is 14.9. The second-order valence-electron chi connectivity index (χ2n) is 8.29. The lowest BCUT2D eigenvalue weighted by Crippen LogP contribution is -2.33. The SMILES string of the molecule is CC1(C)C(=O)N(c2cc(Cc3n[nH]c(=O)c4ccccc34)ccc2F)c2ccccc21. The summed E-state index contributed by atoms with van der Waals surface area (Å²) >= 11 is 0. The molecule has 2 heterocycles. The van der Waals surface area contributed by atoms with Crippen LogP contribution < -0.4 is 10.5 Å². The third-order valence-corrected chi connectivity index (χ3v) is 5.95. The number of hydrogen-bond acceptors (Lipinski definition) is 3. The molecule has 5 rings (SSSR count). The number of H-pyrrole nitrogens is 1. The maximum absolute atomic E-state index is 14.9. The molecule has 0 saturated heterocycles. The summed E-state index contributed by atoms with van der Waals surface area (Å²) in [7, 11) is 0. The van der Waals surface area contributed by atoms with Gasteiger partial charge in [0, 0.05) is 11.8 Å². The third-order valence-electron chi connectivity index (χ3n) is 5.95. The monoisotopic (exact) mass is 413 g/mol. The van der Waals surface area contributed by atoms with Gasteiger partial charge in [-0.2, -0.15) is 5.10 Å². The van der Waals surface area contributed by atoms with E-state index in [2.05, 4.69) is 10.2 Å². The molecule has 154 valence electrons. The van der Waals surface area contributed by atoms with Gasteiger partial charge in [-0.15, -0.1) is 0 Å². The summed E-state index contributed by atoms with van der Waals surface area (Å²) in [6, 6.07) is 19.5. The fourth-order valence-corrected chi connectivity index (χ4v) is 4.28. The number of para-hydroxylation sites is 1. The average molecular weight is 413 g/mol. The molecule has 0 atom stereocenters. The molecule has 0 saturated carbocycles. The Balaban J connectivity index is 1.60. The maximum Gasteiger partial charge on any atom is 0.272 e. The van der Waals surface area contributed by atoms with Crippen LogP contribution in [-0.4, -0.2) is 16.1 Å². The van der Waals surface area contributed by atoms with Gasteiger partial charge < -0.3 is 0 Å². The highest BCUT2D eigenvalue weighted by Crippen LogP contribution is 2.45. The van der Waals surface area contributed by atoms with Crippen LogP contribution in [0.5, 0.6) is 0 Å². The Labute approximate surface area is 178 Å². The molecule has 0 fully saturated rings. The standard InChI is InChI=1S/C25H20FN3O2/c1-25(2)18-9-5-6-10-21(18)29(24(25)31)22-14-15(11-12-19(22)26)13-20-16-7-3-4-8-17(16)23(30)28-27-20/h3-12,14H,13H2,1-2H3,(H,28,30). The molecule has 3 aromatic carbocycles. The van der Waals surface area contributed by atoms with Crippen molar-refractivity contribution in [2.75, 3.05) is 4.90 Å². The minimum atomic E-state index is -0.740. The van der Waals surface area contributed by atoms with Gasteiger partial charge in [-0.25, -0.2) is 9.49 Å². The molecule has 0 bridgehead atoms. The van der Waals surface area contributed by atoms with E-state index in [1.54, 1.807) is 24.3 Å². The number of aromatic nitrogens is 2. The molecule has 1 aromatic heterocycles. The first-order chi connectivity index (χ1) is 14.9. The summed E-state index contributed by atoms with van der Waals surface area (Å²) in [5, 5.41) is 8.05. The lowest BCUT2D eigenvalue weighted by Gasteiger charge is -2.21. The summed E-state index contributed by atoms with van der Waals surface area (Å²) in [6.45, 7) is 3.71. The lowest BCUT2D eigenvalue weighted by atomic mass is 9.86. The van der Waals surface area contributed by atoms with Crippen molar-refractivity contribution < 1.29 is 9.18 Å². The van der Waals surface area contributed by atoms with E-state index in [1.165, 1.54) is 11.0 Å². The first kappa shape index (κ1) is 19.2. The van der Waals surface area contributed by atoms with Crippen molar-refractivity contribution in [2.45, 2.75) is 25.7 Å². The van der Waals surface area contributed by atoms with E-state index in [0.29, 0.717) is 23.2 Å². The number of benzene rings is 3. The number of amides is 1. The van der Waals surface area contributed by atoms with Crippen molar-refractivity contribution in [2.24, 2.45) is 0 Å². The summed E-state index contributed by atoms with van der Waals surface area (Å²) < 4.78 is 14.9. The summed E-state index contributed by atoms with van der Waals surface area (Å²) in [5.74, 6) is -0.638. The Morgan fingerprint density at radius 2 is 1.65 bits per heavy atom. The highest BCUT2D eigenvalue weighted by Gasteiger charge is 2.45. The molecule has 1 aliphatic heterocycles. The fourth-order valence-electron chi connectivity index (χ4n) is 4.28. The Hall–Kier alpha value is -3.80. The van der Waals surface area contributed by atoms with Crippen LogP contribution in [0.25, 0.3) is 10.8 Å². The second-order valence-corrected chi connectivity index (χ2v) is 8.29. The predicted molar refractivity (Wildman–Crippen MR) is 118 cm³/mol. The highest BCUT2D eigenvalue weighted by molar-refractivity contribution is 6.12. The largest absolute Gasteiger partial charge is 0.277 e. The number of aromatic amines is 1. The summed E-state index contributed by atoms with van der Waals surface area (Å²) in [6.07, 6.45) is 0.387.